The summed E-state index contributed by atoms with van der Waals surface area (Å²) in [5.41, 5.74) is 0.227. The number of carbonyl (C=O) groups excluding carboxylic acids is 1. The van der Waals surface area contributed by atoms with Gasteiger partial charge in [-0.2, -0.15) is 0 Å². The van der Waals surface area contributed by atoms with Gasteiger partial charge in [-0.3, -0.25) is 0 Å². The summed E-state index contributed by atoms with van der Waals surface area (Å²) in [7, 11) is 1.23. The molecule has 19 heavy (non-hydrogen) atoms. The molecule has 0 amide bonds. The Morgan fingerprint density at radius 1 is 1.42 bits per heavy atom. The number of phenols is 1. The van der Waals surface area contributed by atoms with E-state index in [1.807, 2.05) is 0 Å². The normalized spacial score (nSPS) is 10.5. The second-order valence-corrected chi connectivity index (χ2v) is 3.75. The highest BCUT2D eigenvalue weighted by atomic mass is 19.1. The molecule has 1 aromatic heterocycles. The maximum absolute atomic E-state index is 13.3. The van der Waals surface area contributed by atoms with Gasteiger partial charge in [0.1, 0.15) is 5.75 Å². The number of esters is 1. The zero-order valence-electron chi connectivity index (χ0n) is 10.4. The zero-order valence-corrected chi connectivity index (χ0v) is 10.4. The van der Waals surface area contributed by atoms with E-state index in [0.29, 0.717) is 17.7 Å². The fourth-order valence-electron chi connectivity index (χ4n) is 1.69. The van der Waals surface area contributed by atoms with E-state index in [9.17, 15) is 14.3 Å². The Bertz CT molecular complexity index is 642. The molecule has 1 heterocycles. The molecule has 5 nitrogen and oxygen atoms in total. The number of nitrogens with zero attached hydrogens (tertiary/aromatic N) is 1. The third-order valence-corrected chi connectivity index (χ3v) is 2.53. The first kappa shape index (κ1) is 13.1. The van der Waals surface area contributed by atoms with Gasteiger partial charge in [-0.05, 0) is 13.0 Å². The van der Waals surface area contributed by atoms with Gasteiger partial charge in [-0.25, -0.2) is 14.2 Å². The molecule has 2 aromatic rings. The first-order valence-corrected chi connectivity index (χ1v) is 5.61. The van der Waals surface area contributed by atoms with Crippen LogP contribution in [0, 0.1) is 5.82 Å². The number of halogens is 1. The van der Waals surface area contributed by atoms with Crippen LogP contribution in [0.1, 0.15) is 17.4 Å². The molecule has 2 rings (SSSR count). The Kier molecular flexibility index (Phi) is 3.50. The van der Waals surface area contributed by atoms with Gasteiger partial charge < -0.3 is 14.6 Å². The molecule has 0 unspecified atom stereocenters. The lowest BCUT2D eigenvalue weighted by molar-refractivity contribution is 0.0594. The van der Waals surface area contributed by atoms with Gasteiger partial charge in [0.25, 0.3) is 0 Å². The van der Waals surface area contributed by atoms with E-state index >= 15 is 0 Å². The van der Waals surface area contributed by atoms with Crippen LogP contribution in [-0.4, -0.2) is 29.8 Å². The molecule has 0 saturated carbocycles. The molecule has 0 aliphatic carbocycles. The third-order valence-electron chi connectivity index (χ3n) is 2.53. The molecular formula is C13H12FNO4. The van der Waals surface area contributed by atoms with Crippen LogP contribution in [0.15, 0.2) is 18.2 Å². The van der Waals surface area contributed by atoms with Crippen molar-refractivity contribution in [2.45, 2.75) is 6.92 Å². The van der Waals surface area contributed by atoms with Crippen LogP contribution < -0.4 is 4.74 Å². The average Bonchev–Trinajstić information content (AvgIpc) is 2.40. The van der Waals surface area contributed by atoms with Crippen LogP contribution >= 0.6 is 0 Å². The van der Waals surface area contributed by atoms with E-state index < -0.39 is 17.5 Å². The summed E-state index contributed by atoms with van der Waals surface area (Å²) in [4.78, 5) is 15.5. The second-order valence-electron chi connectivity index (χ2n) is 3.75. The van der Waals surface area contributed by atoms with Crippen molar-refractivity contribution in [1.82, 2.24) is 4.98 Å². The van der Waals surface area contributed by atoms with Crippen LogP contribution in [0.5, 0.6) is 11.5 Å². The highest BCUT2D eigenvalue weighted by Crippen LogP contribution is 2.30. The number of phenolic OH excluding ortho intramolecular Hbond substituents is 1. The molecule has 0 fully saturated rings. The quantitative estimate of drug-likeness (QED) is 0.862. The Morgan fingerprint density at radius 3 is 2.79 bits per heavy atom. The lowest BCUT2D eigenvalue weighted by atomic mass is 10.1. The third kappa shape index (κ3) is 2.42. The molecule has 0 aliphatic rings. The van der Waals surface area contributed by atoms with Crippen LogP contribution in [0.4, 0.5) is 4.39 Å². The molecule has 0 bridgehead atoms. The molecule has 0 spiro atoms. The minimum absolute atomic E-state index is 0.0172. The smallest absolute Gasteiger partial charge is 0.356 e. The van der Waals surface area contributed by atoms with Crippen molar-refractivity contribution < 1.29 is 23.8 Å². The first-order chi connectivity index (χ1) is 9.06. The molecule has 6 heteroatoms. The van der Waals surface area contributed by atoms with Crippen molar-refractivity contribution in [3.63, 3.8) is 0 Å². The minimum Gasteiger partial charge on any atom is -0.505 e. The highest BCUT2D eigenvalue weighted by Gasteiger charge is 2.15. The maximum atomic E-state index is 13.3. The number of aromatic nitrogens is 1. The van der Waals surface area contributed by atoms with Crippen molar-refractivity contribution in [3.8, 4) is 11.5 Å². The summed E-state index contributed by atoms with van der Waals surface area (Å²) in [5.74, 6) is -1.62. The van der Waals surface area contributed by atoms with Gasteiger partial charge in [-0.15, -0.1) is 0 Å². The lowest BCUT2D eigenvalue weighted by Gasteiger charge is -2.10. The van der Waals surface area contributed by atoms with E-state index in [0.717, 1.165) is 6.07 Å². The van der Waals surface area contributed by atoms with Crippen molar-refractivity contribution in [3.05, 3.63) is 29.7 Å². The Morgan fingerprint density at radius 2 is 2.16 bits per heavy atom. The maximum Gasteiger partial charge on any atom is 0.356 e. The predicted octanol–water partition coefficient (Wildman–Crippen LogP) is 2.26. The van der Waals surface area contributed by atoms with Crippen LogP contribution in [-0.2, 0) is 4.74 Å². The standard InChI is InChI=1S/C13H12FNO4/c1-3-19-12-6-10(13(17)18-2)15-9-5-8(14)11(16)4-7(9)12/h4-6,16H,3H2,1-2H3. The molecule has 0 radical (unpaired) electrons. The van der Waals surface area contributed by atoms with Crippen LogP contribution in [0.2, 0.25) is 0 Å². The lowest BCUT2D eigenvalue weighted by Crippen LogP contribution is -2.06. The van der Waals surface area contributed by atoms with E-state index in [2.05, 4.69) is 9.72 Å². The molecular weight excluding hydrogens is 253 g/mol. The number of rotatable bonds is 3. The van der Waals surface area contributed by atoms with E-state index in [-0.39, 0.29) is 11.2 Å². The number of pyridine rings is 1. The van der Waals surface area contributed by atoms with E-state index in [4.69, 9.17) is 4.74 Å². The Hall–Kier alpha value is -2.37. The minimum atomic E-state index is -0.815. The Labute approximate surface area is 108 Å². The summed E-state index contributed by atoms with van der Waals surface area (Å²) >= 11 is 0. The van der Waals surface area contributed by atoms with Crippen molar-refractivity contribution in [2.75, 3.05) is 13.7 Å². The van der Waals surface area contributed by atoms with E-state index in [1.165, 1.54) is 19.2 Å². The van der Waals surface area contributed by atoms with Gasteiger partial charge in [0, 0.05) is 17.5 Å². The predicted molar refractivity (Wildman–Crippen MR) is 65.9 cm³/mol. The molecule has 1 N–H and O–H groups in total. The highest BCUT2D eigenvalue weighted by molar-refractivity contribution is 5.94. The fourth-order valence-corrected chi connectivity index (χ4v) is 1.69. The summed E-state index contributed by atoms with van der Waals surface area (Å²) < 4.78 is 23.3. The number of ether oxygens (including phenoxy) is 2. The van der Waals surface area contributed by atoms with Crippen LogP contribution in [0.3, 0.4) is 0 Å². The zero-order chi connectivity index (χ0) is 14.0. The van der Waals surface area contributed by atoms with Gasteiger partial charge >= 0.3 is 5.97 Å². The van der Waals surface area contributed by atoms with Crippen LogP contribution in [0.25, 0.3) is 10.9 Å². The SMILES string of the molecule is CCOc1cc(C(=O)OC)nc2cc(F)c(O)cc12. The fraction of sp³-hybridized carbons (Fsp3) is 0.231. The molecule has 0 aliphatic heterocycles. The summed E-state index contributed by atoms with van der Waals surface area (Å²) in [6.45, 7) is 2.13. The van der Waals surface area contributed by atoms with Crippen molar-refractivity contribution >= 4 is 16.9 Å². The number of fused-ring (bicyclic) bond motifs is 1. The number of methoxy groups -OCH3 is 1. The number of aromatic hydroxyl groups is 1. The number of hydrogen-bond acceptors (Lipinski definition) is 5. The molecule has 0 saturated heterocycles. The molecule has 1 aromatic carbocycles. The number of benzene rings is 1. The number of carbonyl (C=O) groups is 1. The van der Waals surface area contributed by atoms with Crippen molar-refractivity contribution in [1.29, 1.82) is 0 Å². The summed E-state index contributed by atoms with van der Waals surface area (Å²) in [6.07, 6.45) is 0. The Balaban J connectivity index is 2.71. The van der Waals surface area contributed by atoms with Gasteiger partial charge in [-0.1, -0.05) is 0 Å². The average molecular weight is 265 g/mol. The monoisotopic (exact) mass is 265 g/mol. The summed E-state index contributed by atoms with van der Waals surface area (Å²) in [5, 5.41) is 9.81. The number of hydrogen-bond donors (Lipinski definition) is 1. The topological polar surface area (TPSA) is 68.7 Å². The largest absolute Gasteiger partial charge is 0.505 e. The van der Waals surface area contributed by atoms with E-state index in [1.54, 1.807) is 6.92 Å². The van der Waals surface area contributed by atoms with Gasteiger partial charge in [0.05, 0.1) is 19.2 Å². The first-order valence-electron chi connectivity index (χ1n) is 5.61. The van der Waals surface area contributed by atoms with Crippen molar-refractivity contribution in [2.24, 2.45) is 0 Å². The van der Waals surface area contributed by atoms with Gasteiger partial charge in [0.2, 0.25) is 0 Å². The second kappa shape index (κ2) is 5.09. The molecule has 100 valence electrons. The molecule has 0 atom stereocenters. The van der Waals surface area contributed by atoms with Gasteiger partial charge in [0.15, 0.2) is 17.3 Å². The summed E-state index contributed by atoms with van der Waals surface area (Å²) in [6, 6.07) is 3.65.